The molecular formula is C16H21NO4. The Hall–Kier alpha value is -2.04. The third-order valence-electron chi connectivity index (χ3n) is 4.10. The standard InChI is InChI=1S/C16H21NO4/c1-21-14-9-5-4-8-13(14)15(18)17-10-11-6-2-3-7-12(11)16(19)20/h4-5,8-9,11-12H,2-3,6-7,10H2,1H3,(H,17,18)(H,19,20)/t11-,12-/m0/s1. The molecule has 2 rings (SSSR count). The van der Waals surface area contributed by atoms with Crippen LogP contribution < -0.4 is 10.1 Å². The fraction of sp³-hybridized carbons (Fsp3) is 0.500. The van der Waals surface area contributed by atoms with E-state index in [1.165, 1.54) is 7.11 Å². The number of hydrogen-bond acceptors (Lipinski definition) is 3. The van der Waals surface area contributed by atoms with Gasteiger partial charge in [0.05, 0.1) is 18.6 Å². The van der Waals surface area contributed by atoms with E-state index in [0.29, 0.717) is 24.3 Å². The number of carboxylic acids is 1. The summed E-state index contributed by atoms with van der Waals surface area (Å²) in [5.41, 5.74) is 0.475. The molecule has 2 atom stereocenters. The molecule has 1 saturated carbocycles. The molecule has 1 aliphatic carbocycles. The lowest BCUT2D eigenvalue weighted by Crippen LogP contribution is -2.37. The number of amides is 1. The topological polar surface area (TPSA) is 75.6 Å². The van der Waals surface area contributed by atoms with E-state index in [4.69, 9.17) is 4.74 Å². The first-order valence-corrected chi connectivity index (χ1v) is 7.27. The molecule has 0 aromatic heterocycles. The Balaban J connectivity index is 1.98. The number of ether oxygens (including phenoxy) is 1. The van der Waals surface area contributed by atoms with Gasteiger partial charge in [-0.3, -0.25) is 9.59 Å². The zero-order chi connectivity index (χ0) is 15.2. The number of aliphatic carboxylic acids is 1. The molecule has 1 aromatic rings. The number of methoxy groups -OCH3 is 1. The van der Waals surface area contributed by atoms with Gasteiger partial charge in [-0.15, -0.1) is 0 Å². The Bertz CT molecular complexity index is 515. The van der Waals surface area contributed by atoms with Gasteiger partial charge >= 0.3 is 5.97 Å². The minimum absolute atomic E-state index is 0.00917. The minimum Gasteiger partial charge on any atom is -0.496 e. The number of carbonyl (C=O) groups is 2. The van der Waals surface area contributed by atoms with Crippen LogP contribution in [0, 0.1) is 11.8 Å². The summed E-state index contributed by atoms with van der Waals surface area (Å²) in [6, 6.07) is 7.01. The van der Waals surface area contributed by atoms with Crippen LogP contribution in [0.1, 0.15) is 36.0 Å². The number of nitrogens with one attached hydrogen (secondary N) is 1. The summed E-state index contributed by atoms with van der Waals surface area (Å²) in [5.74, 6) is -0.798. The molecule has 5 heteroatoms. The van der Waals surface area contributed by atoms with Crippen molar-refractivity contribution in [1.29, 1.82) is 0 Å². The van der Waals surface area contributed by atoms with E-state index in [-0.39, 0.29) is 17.7 Å². The van der Waals surface area contributed by atoms with Crippen molar-refractivity contribution in [3.05, 3.63) is 29.8 Å². The predicted octanol–water partition coefficient (Wildman–Crippen LogP) is 2.32. The van der Waals surface area contributed by atoms with Gasteiger partial charge in [0.1, 0.15) is 5.75 Å². The van der Waals surface area contributed by atoms with Crippen molar-refractivity contribution in [3.8, 4) is 5.75 Å². The fourth-order valence-corrected chi connectivity index (χ4v) is 2.93. The van der Waals surface area contributed by atoms with Crippen molar-refractivity contribution < 1.29 is 19.4 Å². The molecule has 0 heterocycles. The van der Waals surface area contributed by atoms with Gasteiger partial charge in [-0.25, -0.2) is 0 Å². The highest BCUT2D eigenvalue weighted by molar-refractivity contribution is 5.96. The molecule has 1 aromatic carbocycles. The van der Waals surface area contributed by atoms with Gasteiger partial charge in [-0.1, -0.05) is 25.0 Å². The smallest absolute Gasteiger partial charge is 0.306 e. The van der Waals surface area contributed by atoms with Gasteiger partial charge in [0.2, 0.25) is 0 Å². The van der Waals surface area contributed by atoms with Gasteiger partial charge in [-0.05, 0) is 30.9 Å². The summed E-state index contributed by atoms with van der Waals surface area (Å²) in [6.07, 6.45) is 3.53. The SMILES string of the molecule is COc1ccccc1C(=O)NC[C@@H]1CCCC[C@@H]1C(=O)O. The molecule has 1 fully saturated rings. The predicted molar refractivity (Wildman–Crippen MR) is 78.4 cm³/mol. The Labute approximate surface area is 124 Å². The maximum atomic E-state index is 12.2. The first-order valence-electron chi connectivity index (χ1n) is 7.27. The number of rotatable bonds is 5. The fourth-order valence-electron chi connectivity index (χ4n) is 2.93. The largest absolute Gasteiger partial charge is 0.496 e. The first kappa shape index (κ1) is 15.4. The average Bonchev–Trinajstić information content (AvgIpc) is 2.52. The monoisotopic (exact) mass is 291 g/mol. The van der Waals surface area contributed by atoms with Crippen molar-refractivity contribution in [2.45, 2.75) is 25.7 Å². The number of carboxylic acid groups (broad SMARTS) is 1. The highest BCUT2D eigenvalue weighted by atomic mass is 16.5. The molecule has 0 radical (unpaired) electrons. The second-order valence-electron chi connectivity index (χ2n) is 5.40. The van der Waals surface area contributed by atoms with E-state index in [0.717, 1.165) is 19.3 Å². The zero-order valence-electron chi connectivity index (χ0n) is 12.2. The normalized spacial score (nSPS) is 21.6. The molecular weight excluding hydrogens is 270 g/mol. The molecule has 21 heavy (non-hydrogen) atoms. The van der Waals surface area contributed by atoms with Crippen molar-refractivity contribution in [2.24, 2.45) is 11.8 Å². The molecule has 1 aliphatic rings. The molecule has 0 bridgehead atoms. The van der Waals surface area contributed by atoms with Gasteiger partial charge in [0.25, 0.3) is 5.91 Å². The van der Waals surface area contributed by atoms with Crippen LogP contribution in [0.25, 0.3) is 0 Å². The summed E-state index contributed by atoms with van der Waals surface area (Å²) < 4.78 is 5.16. The van der Waals surface area contributed by atoms with Gasteiger partial charge in [0, 0.05) is 6.54 Å². The third kappa shape index (κ3) is 3.74. The lowest BCUT2D eigenvalue weighted by Gasteiger charge is -2.28. The lowest BCUT2D eigenvalue weighted by atomic mass is 9.79. The quantitative estimate of drug-likeness (QED) is 0.873. The third-order valence-corrected chi connectivity index (χ3v) is 4.10. The van der Waals surface area contributed by atoms with Crippen molar-refractivity contribution >= 4 is 11.9 Å². The lowest BCUT2D eigenvalue weighted by molar-refractivity contribution is -0.144. The van der Waals surface area contributed by atoms with E-state index in [1.54, 1.807) is 24.3 Å². The van der Waals surface area contributed by atoms with E-state index < -0.39 is 5.97 Å². The molecule has 2 N–H and O–H groups in total. The summed E-state index contributed by atoms with van der Waals surface area (Å²) >= 11 is 0. The van der Waals surface area contributed by atoms with E-state index in [1.807, 2.05) is 0 Å². The zero-order valence-corrected chi connectivity index (χ0v) is 12.2. The molecule has 0 aliphatic heterocycles. The second-order valence-corrected chi connectivity index (χ2v) is 5.40. The molecule has 5 nitrogen and oxygen atoms in total. The van der Waals surface area contributed by atoms with Crippen LogP contribution in [-0.4, -0.2) is 30.6 Å². The molecule has 0 unspecified atom stereocenters. The van der Waals surface area contributed by atoms with Crippen LogP contribution in [0.15, 0.2) is 24.3 Å². The van der Waals surface area contributed by atoms with Crippen LogP contribution in [0.2, 0.25) is 0 Å². The van der Waals surface area contributed by atoms with Crippen LogP contribution in [-0.2, 0) is 4.79 Å². The number of hydrogen-bond donors (Lipinski definition) is 2. The maximum Gasteiger partial charge on any atom is 0.306 e. The molecule has 114 valence electrons. The minimum atomic E-state index is -0.758. The molecule has 0 saturated heterocycles. The van der Waals surface area contributed by atoms with Crippen LogP contribution in [0.4, 0.5) is 0 Å². The number of benzene rings is 1. The highest BCUT2D eigenvalue weighted by Gasteiger charge is 2.31. The number of para-hydroxylation sites is 1. The van der Waals surface area contributed by atoms with E-state index in [9.17, 15) is 14.7 Å². The Morgan fingerprint density at radius 2 is 2.00 bits per heavy atom. The maximum absolute atomic E-state index is 12.2. The summed E-state index contributed by atoms with van der Waals surface area (Å²) in [6.45, 7) is 0.397. The Morgan fingerprint density at radius 3 is 2.71 bits per heavy atom. The summed E-state index contributed by atoms with van der Waals surface area (Å²) in [5, 5.41) is 12.1. The van der Waals surface area contributed by atoms with Gasteiger partial charge in [0.15, 0.2) is 0 Å². The van der Waals surface area contributed by atoms with Crippen molar-refractivity contribution in [3.63, 3.8) is 0 Å². The van der Waals surface area contributed by atoms with E-state index in [2.05, 4.69) is 5.32 Å². The van der Waals surface area contributed by atoms with E-state index >= 15 is 0 Å². The Kier molecular flexibility index (Phi) is 5.20. The average molecular weight is 291 g/mol. The first-order chi connectivity index (χ1) is 10.1. The highest BCUT2D eigenvalue weighted by Crippen LogP contribution is 2.30. The van der Waals surface area contributed by atoms with Crippen LogP contribution in [0.5, 0.6) is 5.75 Å². The molecule has 1 amide bonds. The van der Waals surface area contributed by atoms with Gasteiger partial charge < -0.3 is 15.2 Å². The summed E-state index contributed by atoms with van der Waals surface area (Å²) in [4.78, 5) is 23.5. The van der Waals surface area contributed by atoms with Crippen molar-refractivity contribution in [1.82, 2.24) is 5.32 Å². The van der Waals surface area contributed by atoms with Crippen LogP contribution in [0.3, 0.4) is 0 Å². The van der Waals surface area contributed by atoms with Gasteiger partial charge in [-0.2, -0.15) is 0 Å². The number of carbonyl (C=O) groups excluding carboxylic acids is 1. The summed E-state index contributed by atoms with van der Waals surface area (Å²) in [7, 11) is 1.52. The van der Waals surface area contributed by atoms with Crippen LogP contribution >= 0.6 is 0 Å². The van der Waals surface area contributed by atoms with Crippen molar-refractivity contribution in [2.75, 3.05) is 13.7 Å². The second kappa shape index (κ2) is 7.11. The molecule has 0 spiro atoms. The Morgan fingerprint density at radius 1 is 1.29 bits per heavy atom.